The summed E-state index contributed by atoms with van der Waals surface area (Å²) in [7, 11) is 0. The van der Waals surface area contributed by atoms with E-state index in [4.69, 9.17) is 4.74 Å². The normalized spacial score (nSPS) is 10.8. The molecule has 1 N–H and O–H groups in total. The van der Waals surface area contributed by atoms with Gasteiger partial charge >= 0.3 is 0 Å². The first-order valence-corrected chi connectivity index (χ1v) is 8.94. The van der Waals surface area contributed by atoms with Crippen LogP contribution in [-0.4, -0.2) is 28.2 Å². The molecule has 0 amide bonds. The molecule has 0 aliphatic rings. The number of rotatable bonds is 6. The highest BCUT2D eigenvalue weighted by molar-refractivity contribution is 8.01. The Balaban J connectivity index is 1.69. The number of Topliss-reactive ketones (excluding diaryl/α,β-unsaturated/α-hetero) is 1. The number of carbonyl (C=O) groups excluding carboxylic acids is 1. The fourth-order valence-corrected chi connectivity index (χ4v) is 4.05. The van der Waals surface area contributed by atoms with Crippen molar-refractivity contribution in [2.45, 2.75) is 11.3 Å². The average molecular weight is 345 g/mol. The Kier molecular flexibility index (Phi) is 4.83. The second-order valence-corrected chi connectivity index (χ2v) is 7.05. The molecule has 0 radical (unpaired) electrons. The molecular weight excluding hydrogens is 330 g/mol. The number of thioether (sulfide) groups is 1. The van der Waals surface area contributed by atoms with Crippen molar-refractivity contribution in [3.05, 3.63) is 48.0 Å². The van der Waals surface area contributed by atoms with Crippen molar-refractivity contribution in [2.24, 2.45) is 0 Å². The molecule has 0 bridgehead atoms. The number of ether oxygens (including phenoxy) is 1. The molecule has 1 heterocycles. The highest BCUT2D eigenvalue weighted by Gasteiger charge is 2.10. The zero-order chi connectivity index (χ0) is 16.2. The smallest absolute Gasteiger partial charge is 0.173 e. The number of thiazole rings is 1. The number of ketones is 1. The number of aromatic nitrogens is 1. The quantitative estimate of drug-likeness (QED) is 0.531. The molecule has 0 atom stereocenters. The fourth-order valence-electron chi connectivity index (χ4n) is 2.06. The van der Waals surface area contributed by atoms with Crippen molar-refractivity contribution in [3.63, 3.8) is 0 Å². The number of fused-ring (bicyclic) bond motifs is 1. The summed E-state index contributed by atoms with van der Waals surface area (Å²) in [5.41, 5.74) is 1.51. The number of hydrogen-bond acceptors (Lipinski definition) is 6. The van der Waals surface area contributed by atoms with Crippen molar-refractivity contribution in [2.75, 3.05) is 12.4 Å². The summed E-state index contributed by atoms with van der Waals surface area (Å²) in [6.45, 7) is 2.58. The Bertz CT molecular complexity index is 827. The van der Waals surface area contributed by atoms with E-state index < -0.39 is 0 Å². The predicted molar refractivity (Wildman–Crippen MR) is 94.0 cm³/mol. The van der Waals surface area contributed by atoms with Gasteiger partial charge in [0.05, 0.1) is 22.6 Å². The molecule has 23 heavy (non-hydrogen) atoms. The molecule has 0 aliphatic carbocycles. The van der Waals surface area contributed by atoms with Gasteiger partial charge in [0.1, 0.15) is 11.5 Å². The Morgan fingerprint density at radius 3 is 2.78 bits per heavy atom. The van der Waals surface area contributed by atoms with Crippen molar-refractivity contribution in [3.8, 4) is 11.5 Å². The topological polar surface area (TPSA) is 59.4 Å². The maximum absolute atomic E-state index is 12.1. The molecule has 3 rings (SSSR count). The van der Waals surface area contributed by atoms with E-state index in [0.717, 1.165) is 20.3 Å². The van der Waals surface area contributed by atoms with E-state index >= 15 is 0 Å². The number of aromatic hydroxyl groups is 1. The van der Waals surface area contributed by atoms with Crippen molar-refractivity contribution in [1.82, 2.24) is 4.98 Å². The number of hydrogen-bond donors (Lipinski definition) is 1. The highest BCUT2D eigenvalue weighted by Crippen LogP contribution is 2.32. The highest BCUT2D eigenvalue weighted by atomic mass is 32.2. The maximum atomic E-state index is 12.1. The van der Waals surface area contributed by atoms with Gasteiger partial charge in [-0.05, 0) is 49.4 Å². The molecule has 0 unspecified atom stereocenters. The molecule has 0 aliphatic heterocycles. The number of nitrogens with zero attached hydrogens (tertiary/aromatic N) is 1. The van der Waals surface area contributed by atoms with Crippen molar-refractivity contribution >= 4 is 39.1 Å². The average Bonchev–Trinajstić information content (AvgIpc) is 2.96. The second-order valence-electron chi connectivity index (χ2n) is 4.80. The van der Waals surface area contributed by atoms with Crippen LogP contribution in [0.25, 0.3) is 10.2 Å². The van der Waals surface area contributed by atoms with E-state index in [2.05, 4.69) is 4.98 Å². The SMILES string of the molecule is CCOc1ccc2nc(SCC(=O)c3ccc(O)cc3)sc2c1. The summed E-state index contributed by atoms with van der Waals surface area (Å²) < 4.78 is 7.40. The van der Waals surface area contributed by atoms with Crippen LogP contribution in [0.4, 0.5) is 0 Å². The van der Waals surface area contributed by atoms with E-state index in [9.17, 15) is 9.90 Å². The lowest BCUT2D eigenvalue weighted by atomic mass is 10.1. The molecule has 2 aromatic carbocycles. The van der Waals surface area contributed by atoms with Crippen LogP contribution in [0.3, 0.4) is 0 Å². The molecule has 0 spiro atoms. The minimum Gasteiger partial charge on any atom is -0.508 e. The lowest BCUT2D eigenvalue weighted by Gasteiger charge is -2.00. The summed E-state index contributed by atoms with van der Waals surface area (Å²) >= 11 is 2.98. The van der Waals surface area contributed by atoms with E-state index in [0.29, 0.717) is 17.9 Å². The van der Waals surface area contributed by atoms with Crippen molar-refractivity contribution in [1.29, 1.82) is 0 Å². The van der Waals surface area contributed by atoms with Crippen LogP contribution >= 0.6 is 23.1 Å². The molecule has 6 heteroatoms. The zero-order valence-electron chi connectivity index (χ0n) is 12.5. The molecule has 1 aromatic heterocycles. The molecule has 118 valence electrons. The van der Waals surface area contributed by atoms with Crippen LogP contribution in [-0.2, 0) is 0 Å². The van der Waals surface area contributed by atoms with Gasteiger partial charge in [-0.25, -0.2) is 4.98 Å². The van der Waals surface area contributed by atoms with Crippen LogP contribution in [0.15, 0.2) is 46.8 Å². The fraction of sp³-hybridized carbons (Fsp3) is 0.176. The van der Waals surface area contributed by atoms with E-state index in [1.54, 1.807) is 23.5 Å². The maximum Gasteiger partial charge on any atom is 0.173 e. The van der Waals surface area contributed by atoms with Gasteiger partial charge in [0.2, 0.25) is 0 Å². The minimum absolute atomic E-state index is 0.0178. The number of phenolic OH excluding ortho intramolecular Hbond substituents is 1. The third kappa shape index (κ3) is 3.83. The van der Waals surface area contributed by atoms with Gasteiger partial charge in [-0.3, -0.25) is 4.79 Å². The van der Waals surface area contributed by atoms with Gasteiger partial charge in [0, 0.05) is 5.56 Å². The Hall–Kier alpha value is -2.05. The third-order valence-corrected chi connectivity index (χ3v) is 5.33. The first-order valence-electron chi connectivity index (χ1n) is 7.14. The standard InChI is InChI=1S/C17H15NO3S2/c1-2-21-13-7-8-14-16(9-13)23-17(18-14)22-10-15(20)11-3-5-12(19)6-4-11/h3-9,19H,2,10H2,1H3. The van der Waals surface area contributed by atoms with E-state index in [-0.39, 0.29) is 11.5 Å². The second kappa shape index (κ2) is 7.02. The van der Waals surface area contributed by atoms with Crippen LogP contribution in [0, 0.1) is 0 Å². The monoisotopic (exact) mass is 345 g/mol. The van der Waals surface area contributed by atoms with Gasteiger partial charge in [-0.1, -0.05) is 11.8 Å². The van der Waals surface area contributed by atoms with E-state index in [1.165, 1.54) is 23.9 Å². The van der Waals surface area contributed by atoms with Crippen molar-refractivity contribution < 1.29 is 14.6 Å². The Labute approximate surface area is 142 Å². The third-order valence-electron chi connectivity index (χ3n) is 3.17. The molecular formula is C17H15NO3S2. The number of carbonyl (C=O) groups is 1. The van der Waals surface area contributed by atoms with Gasteiger partial charge in [0.25, 0.3) is 0 Å². The Morgan fingerprint density at radius 2 is 2.04 bits per heavy atom. The summed E-state index contributed by atoms with van der Waals surface area (Å²) in [5.74, 6) is 1.33. The van der Waals surface area contributed by atoms with Crippen LogP contribution in [0.2, 0.25) is 0 Å². The summed E-state index contributed by atoms with van der Waals surface area (Å²) in [5, 5.41) is 9.25. The van der Waals surface area contributed by atoms with Gasteiger partial charge in [-0.2, -0.15) is 0 Å². The summed E-state index contributed by atoms with van der Waals surface area (Å²) in [4.78, 5) is 16.7. The molecule has 4 nitrogen and oxygen atoms in total. The van der Waals surface area contributed by atoms with Crippen LogP contribution in [0.1, 0.15) is 17.3 Å². The molecule has 0 saturated heterocycles. The lowest BCUT2D eigenvalue weighted by Crippen LogP contribution is -2.01. The lowest BCUT2D eigenvalue weighted by molar-refractivity contribution is 0.102. The van der Waals surface area contributed by atoms with Crippen LogP contribution in [0.5, 0.6) is 11.5 Å². The molecule has 0 saturated carbocycles. The zero-order valence-corrected chi connectivity index (χ0v) is 14.1. The minimum atomic E-state index is 0.0178. The predicted octanol–water partition coefficient (Wildman–Crippen LogP) is 4.38. The summed E-state index contributed by atoms with van der Waals surface area (Å²) in [6.07, 6.45) is 0. The Morgan fingerprint density at radius 1 is 1.26 bits per heavy atom. The first kappa shape index (κ1) is 15.8. The molecule has 3 aromatic rings. The number of benzene rings is 2. The van der Waals surface area contributed by atoms with Gasteiger partial charge in [0.15, 0.2) is 10.1 Å². The number of phenols is 1. The largest absolute Gasteiger partial charge is 0.508 e. The van der Waals surface area contributed by atoms with Gasteiger partial charge < -0.3 is 9.84 Å². The van der Waals surface area contributed by atoms with E-state index in [1.807, 2.05) is 25.1 Å². The van der Waals surface area contributed by atoms with Crippen LogP contribution < -0.4 is 4.74 Å². The first-order chi connectivity index (χ1) is 11.2. The molecule has 0 fully saturated rings. The summed E-state index contributed by atoms with van der Waals surface area (Å²) in [6, 6.07) is 12.1. The van der Waals surface area contributed by atoms with Gasteiger partial charge in [-0.15, -0.1) is 11.3 Å².